The van der Waals surface area contributed by atoms with Crippen LogP contribution in [0.5, 0.6) is 0 Å². The number of carbonyl (C=O) groups is 1. The highest BCUT2D eigenvalue weighted by molar-refractivity contribution is 5.78. The number of aryl methyl sites for hydroxylation is 1. The molecule has 0 radical (unpaired) electrons. The second-order valence-corrected chi connectivity index (χ2v) is 5.55. The lowest BCUT2D eigenvalue weighted by molar-refractivity contribution is -0.132. The van der Waals surface area contributed by atoms with E-state index in [4.69, 9.17) is 4.52 Å². The van der Waals surface area contributed by atoms with Gasteiger partial charge in [0.15, 0.2) is 5.76 Å². The minimum atomic E-state index is 0.235. The van der Waals surface area contributed by atoms with Crippen LogP contribution in [0, 0.1) is 6.92 Å². The van der Waals surface area contributed by atoms with E-state index in [2.05, 4.69) is 15.0 Å². The van der Waals surface area contributed by atoms with Gasteiger partial charge in [-0.1, -0.05) is 5.16 Å². The number of piperazine rings is 1. The molecule has 1 saturated heterocycles. The third-order valence-electron chi connectivity index (χ3n) is 4.00. The monoisotopic (exact) mass is 294 g/mol. The number of aromatic nitrogens is 1. The number of nitrogens with zero attached hydrogens (tertiary/aromatic N) is 4. The van der Waals surface area contributed by atoms with Gasteiger partial charge in [0.1, 0.15) is 0 Å². The van der Waals surface area contributed by atoms with Crippen molar-refractivity contribution in [2.45, 2.75) is 27.3 Å². The van der Waals surface area contributed by atoms with Crippen LogP contribution in [0.2, 0.25) is 0 Å². The Morgan fingerprint density at radius 1 is 1.24 bits per heavy atom. The summed E-state index contributed by atoms with van der Waals surface area (Å²) in [7, 11) is 0. The SMILES string of the molecule is CCN(CC)C(=O)CN1CCN(Cc2cc(C)no2)CC1. The van der Waals surface area contributed by atoms with Gasteiger partial charge in [-0.2, -0.15) is 0 Å². The maximum Gasteiger partial charge on any atom is 0.236 e. The molecule has 1 amide bonds. The first kappa shape index (κ1) is 16.0. The van der Waals surface area contributed by atoms with Crippen LogP contribution in [-0.4, -0.2) is 71.6 Å². The predicted octanol–water partition coefficient (Wildman–Crippen LogP) is 0.969. The second-order valence-electron chi connectivity index (χ2n) is 5.55. The minimum absolute atomic E-state index is 0.235. The maximum atomic E-state index is 12.1. The molecule has 0 atom stereocenters. The molecule has 1 aliphatic rings. The number of likely N-dealkylation sites (N-methyl/N-ethyl adjacent to an activating group) is 1. The highest BCUT2D eigenvalue weighted by atomic mass is 16.5. The molecule has 1 aliphatic heterocycles. The number of hydrogen-bond acceptors (Lipinski definition) is 5. The largest absolute Gasteiger partial charge is 0.360 e. The number of carbonyl (C=O) groups excluding carboxylic acids is 1. The molecule has 2 rings (SSSR count). The van der Waals surface area contributed by atoms with E-state index in [0.717, 1.165) is 57.3 Å². The van der Waals surface area contributed by atoms with Crippen molar-refractivity contribution < 1.29 is 9.32 Å². The lowest BCUT2D eigenvalue weighted by Crippen LogP contribution is -2.49. The van der Waals surface area contributed by atoms with E-state index in [1.165, 1.54) is 0 Å². The van der Waals surface area contributed by atoms with Gasteiger partial charge in [-0.05, 0) is 20.8 Å². The van der Waals surface area contributed by atoms with Crippen molar-refractivity contribution in [1.29, 1.82) is 0 Å². The molecule has 0 spiro atoms. The number of hydrogen-bond donors (Lipinski definition) is 0. The summed E-state index contributed by atoms with van der Waals surface area (Å²) in [5.41, 5.74) is 0.924. The van der Waals surface area contributed by atoms with Crippen LogP contribution in [0.1, 0.15) is 25.3 Å². The van der Waals surface area contributed by atoms with Crippen molar-refractivity contribution in [3.8, 4) is 0 Å². The third kappa shape index (κ3) is 4.54. The van der Waals surface area contributed by atoms with Gasteiger partial charge >= 0.3 is 0 Å². The van der Waals surface area contributed by atoms with E-state index >= 15 is 0 Å². The molecule has 21 heavy (non-hydrogen) atoms. The molecule has 118 valence electrons. The zero-order chi connectivity index (χ0) is 15.2. The Balaban J connectivity index is 1.74. The fourth-order valence-corrected chi connectivity index (χ4v) is 2.68. The summed E-state index contributed by atoms with van der Waals surface area (Å²) in [6.07, 6.45) is 0. The zero-order valence-corrected chi connectivity index (χ0v) is 13.3. The van der Waals surface area contributed by atoms with Crippen LogP contribution in [-0.2, 0) is 11.3 Å². The molecule has 6 nitrogen and oxygen atoms in total. The fraction of sp³-hybridized carbons (Fsp3) is 0.733. The smallest absolute Gasteiger partial charge is 0.236 e. The van der Waals surface area contributed by atoms with Crippen molar-refractivity contribution >= 4 is 5.91 Å². The minimum Gasteiger partial charge on any atom is -0.360 e. The average Bonchev–Trinajstić information content (AvgIpc) is 2.88. The Labute approximate surface area is 126 Å². The summed E-state index contributed by atoms with van der Waals surface area (Å²) in [4.78, 5) is 18.6. The van der Waals surface area contributed by atoms with Gasteiger partial charge in [-0.15, -0.1) is 0 Å². The molecule has 6 heteroatoms. The Kier molecular flexibility index (Phi) is 5.76. The number of amides is 1. The highest BCUT2D eigenvalue weighted by Gasteiger charge is 2.21. The highest BCUT2D eigenvalue weighted by Crippen LogP contribution is 2.09. The van der Waals surface area contributed by atoms with E-state index in [9.17, 15) is 4.79 Å². The quantitative estimate of drug-likeness (QED) is 0.782. The van der Waals surface area contributed by atoms with Gasteiger partial charge in [0.2, 0.25) is 5.91 Å². The standard InChI is InChI=1S/C15H26N4O2/c1-4-19(5-2)15(20)12-18-8-6-17(7-9-18)11-14-10-13(3)16-21-14/h10H,4-9,11-12H2,1-3H3. The topological polar surface area (TPSA) is 52.8 Å². The molecule has 0 N–H and O–H groups in total. The first-order valence-electron chi connectivity index (χ1n) is 7.77. The van der Waals surface area contributed by atoms with Crippen LogP contribution in [0.25, 0.3) is 0 Å². The molecule has 1 aromatic heterocycles. The van der Waals surface area contributed by atoms with Crippen LogP contribution >= 0.6 is 0 Å². The van der Waals surface area contributed by atoms with Crippen LogP contribution in [0.15, 0.2) is 10.6 Å². The molecule has 0 bridgehead atoms. The van der Waals surface area contributed by atoms with Crippen LogP contribution in [0.4, 0.5) is 0 Å². The molecular weight excluding hydrogens is 268 g/mol. The Morgan fingerprint density at radius 2 is 1.86 bits per heavy atom. The third-order valence-corrected chi connectivity index (χ3v) is 4.00. The molecule has 2 heterocycles. The molecule has 1 fully saturated rings. The van der Waals surface area contributed by atoms with Gasteiger partial charge < -0.3 is 9.42 Å². The Morgan fingerprint density at radius 3 is 2.38 bits per heavy atom. The van der Waals surface area contributed by atoms with Crippen LogP contribution < -0.4 is 0 Å². The fourth-order valence-electron chi connectivity index (χ4n) is 2.68. The van der Waals surface area contributed by atoms with Gasteiger partial charge in [0, 0.05) is 45.3 Å². The second kappa shape index (κ2) is 7.56. The average molecular weight is 294 g/mol. The molecule has 0 aliphatic carbocycles. The summed E-state index contributed by atoms with van der Waals surface area (Å²) >= 11 is 0. The molecule has 1 aromatic rings. The van der Waals surface area contributed by atoms with E-state index in [1.54, 1.807) is 0 Å². The van der Waals surface area contributed by atoms with Crippen molar-refractivity contribution in [3.05, 3.63) is 17.5 Å². The summed E-state index contributed by atoms with van der Waals surface area (Å²) in [6, 6.07) is 1.98. The van der Waals surface area contributed by atoms with Gasteiger partial charge in [-0.3, -0.25) is 14.6 Å². The van der Waals surface area contributed by atoms with Crippen LogP contribution in [0.3, 0.4) is 0 Å². The van der Waals surface area contributed by atoms with Gasteiger partial charge in [0.25, 0.3) is 0 Å². The van der Waals surface area contributed by atoms with E-state index < -0.39 is 0 Å². The molecule has 0 unspecified atom stereocenters. The zero-order valence-electron chi connectivity index (χ0n) is 13.3. The lowest BCUT2D eigenvalue weighted by Gasteiger charge is -2.34. The first-order valence-corrected chi connectivity index (χ1v) is 7.77. The van der Waals surface area contributed by atoms with E-state index in [0.29, 0.717) is 6.54 Å². The van der Waals surface area contributed by atoms with Crippen molar-refractivity contribution in [2.75, 3.05) is 45.8 Å². The summed E-state index contributed by atoms with van der Waals surface area (Å²) in [6.45, 7) is 12.7. The Hall–Kier alpha value is -1.40. The molecule has 0 aromatic carbocycles. The van der Waals surface area contributed by atoms with Crippen molar-refractivity contribution in [3.63, 3.8) is 0 Å². The summed E-state index contributed by atoms with van der Waals surface area (Å²) in [5.74, 6) is 1.15. The maximum absolute atomic E-state index is 12.1. The van der Waals surface area contributed by atoms with Crippen molar-refractivity contribution in [2.24, 2.45) is 0 Å². The molecular formula is C15H26N4O2. The van der Waals surface area contributed by atoms with E-state index in [-0.39, 0.29) is 5.91 Å². The number of rotatable bonds is 6. The summed E-state index contributed by atoms with van der Waals surface area (Å²) < 4.78 is 5.25. The first-order chi connectivity index (χ1) is 10.1. The normalized spacial score (nSPS) is 17.1. The lowest BCUT2D eigenvalue weighted by atomic mass is 10.2. The predicted molar refractivity (Wildman–Crippen MR) is 80.9 cm³/mol. The van der Waals surface area contributed by atoms with Gasteiger partial charge in [-0.25, -0.2) is 0 Å². The summed E-state index contributed by atoms with van der Waals surface area (Å²) in [5, 5.41) is 3.91. The van der Waals surface area contributed by atoms with Crippen molar-refractivity contribution in [1.82, 2.24) is 19.9 Å². The Bertz CT molecular complexity index is 448. The molecule has 0 saturated carbocycles. The van der Waals surface area contributed by atoms with E-state index in [1.807, 2.05) is 31.7 Å². The van der Waals surface area contributed by atoms with Gasteiger partial charge in [0.05, 0.1) is 18.8 Å².